The summed E-state index contributed by atoms with van der Waals surface area (Å²) >= 11 is 0. The molecule has 0 saturated carbocycles. The van der Waals surface area contributed by atoms with E-state index in [1.54, 1.807) is 0 Å². The lowest BCUT2D eigenvalue weighted by Crippen LogP contribution is -2.10. The molecule has 2 aromatic heterocycles. The van der Waals surface area contributed by atoms with Gasteiger partial charge in [-0.15, -0.1) is 0 Å². The highest BCUT2D eigenvalue weighted by Crippen LogP contribution is 2.44. The Balaban J connectivity index is 1.53. The molecule has 168 valence electrons. The average Bonchev–Trinajstić information content (AvgIpc) is 3.30. The summed E-state index contributed by atoms with van der Waals surface area (Å²) in [5.41, 5.74) is 7.50. The lowest BCUT2D eigenvalue weighted by molar-refractivity contribution is 0.442. The van der Waals surface area contributed by atoms with E-state index in [2.05, 4.69) is 79.7 Å². The minimum atomic E-state index is 0.689. The minimum absolute atomic E-state index is 0.689. The molecule has 0 radical (unpaired) electrons. The summed E-state index contributed by atoms with van der Waals surface area (Å²) in [6.45, 7) is 2.21. The van der Waals surface area contributed by atoms with Gasteiger partial charge in [0.2, 0.25) is 5.88 Å². The van der Waals surface area contributed by atoms with Crippen molar-refractivity contribution < 1.29 is 4.74 Å². The maximum Gasteiger partial charge on any atom is 0.225 e. The molecule has 7 rings (SSSR count). The third-order valence-electron chi connectivity index (χ3n) is 6.95. The zero-order valence-electron chi connectivity index (χ0n) is 19.4. The van der Waals surface area contributed by atoms with Crippen LogP contribution in [-0.4, -0.2) is 14.8 Å². The fraction of sp³-hybridized carbons (Fsp3) is 0.0968. The molecule has 0 bridgehead atoms. The van der Waals surface area contributed by atoms with Gasteiger partial charge in [-0.1, -0.05) is 85.8 Å². The third-order valence-corrected chi connectivity index (χ3v) is 6.95. The second-order valence-corrected chi connectivity index (χ2v) is 8.93. The van der Waals surface area contributed by atoms with Crippen LogP contribution in [0.1, 0.15) is 23.6 Å². The van der Waals surface area contributed by atoms with Gasteiger partial charge in [-0.3, -0.25) is 0 Å². The number of fused-ring (bicyclic) bond motifs is 5. The predicted molar refractivity (Wildman–Crippen MR) is 141 cm³/mol. The molecule has 35 heavy (non-hydrogen) atoms. The van der Waals surface area contributed by atoms with Crippen LogP contribution >= 0.6 is 0 Å². The quantitative estimate of drug-likeness (QED) is 0.278. The van der Waals surface area contributed by atoms with Crippen molar-refractivity contribution in [2.75, 3.05) is 0 Å². The first-order chi connectivity index (χ1) is 17.3. The van der Waals surface area contributed by atoms with E-state index < -0.39 is 0 Å². The van der Waals surface area contributed by atoms with Gasteiger partial charge in [0.15, 0.2) is 5.65 Å². The van der Waals surface area contributed by atoms with Crippen LogP contribution in [0.25, 0.3) is 38.8 Å². The highest BCUT2D eigenvalue weighted by atomic mass is 16.5. The fourth-order valence-corrected chi connectivity index (χ4v) is 5.31. The number of aryl methyl sites for hydroxylation is 1. The van der Waals surface area contributed by atoms with Crippen LogP contribution in [0.2, 0.25) is 0 Å². The fourth-order valence-electron chi connectivity index (χ4n) is 5.31. The van der Waals surface area contributed by atoms with Gasteiger partial charge in [0, 0.05) is 23.1 Å². The van der Waals surface area contributed by atoms with Gasteiger partial charge in [0.25, 0.3) is 0 Å². The van der Waals surface area contributed by atoms with Crippen LogP contribution < -0.4 is 4.74 Å². The van der Waals surface area contributed by atoms with Crippen LogP contribution in [0.15, 0.2) is 97.1 Å². The van der Waals surface area contributed by atoms with Crippen molar-refractivity contribution in [1.29, 1.82) is 0 Å². The van der Waals surface area contributed by atoms with E-state index >= 15 is 0 Å². The molecule has 0 N–H and O–H groups in total. The second-order valence-electron chi connectivity index (χ2n) is 8.93. The summed E-state index contributed by atoms with van der Waals surface area (Å²) in [4.78, 5) is 5.10. The van der Waals surface area contributed by atoms with Crippen molar-refractivity contribution in [3.8, 4) is 28.6 Å². The standard InChI is InChI=1S/C31H23N3O/c1-2-23-26-19-25-24-16-10-9-11-20(24)17-18-27(25)35-31(26)32-30-28(23)29(21-12-5-3-6-13-21)33-34(30)22-14-7-4-8-15-22/h3-18H,2,19H2,1H3. The Morgan fingerprint density at radius 1 is 0.800 bits per heavy atom. The molecule has 4 aromatic carbocycles. The third kappa shape index (κ3) is 3.07. The van der Waals surface area contributed by atoms with E-state index in [9.17, 15) is 0 Å². The Morgan fingerprint density at radius 2 is 1.54 bits per heavy atom. The highest BCUT2D eigenvalue weighted by Gasteiger charge is 2.28. The highest BCUT2D eigenvalue weighted by molar-refractivity contribution is 5.97. The van der Waals surface area contributed by atoms with E-state index in [1.165, 1.54) is 21.9 Å². The topological polar surface area (TPSA) is 39.9 Å². The molecule has 1 aliphatic heterocycles. The molecule has 4 heteroatoms. The molecule has 4 nitrogen and oxygen atoms in total. The summed E-state index contributed by atoms with van der Waals surface area (Å²) in [6.07, 6.45) is 1.66. The Labute approximate surface area is 203 Å². The minimum Gasteiger partial charge on any atom is -0.438 e. The molecule has 3 heterocycles. The van der Waals surface area contributed by atoms with Crippen LogP contribution in [0, 0.1) is 0 Å². The van der Waals surface area contributed by atoms with Crippen molar-refractivity contribution in [3.05, 3.63) is 114 Å². The average molecular weight is 454 g/mol. The van der Waals surface area contributed by atoms with Gasteiger partial charge in [-0.2, -0.15) is 10.1 Å². The van der Waals surface area contributed by atoms with Crippen LogP contribution in [0.3, 0.4) is 0 Å². The summed E-state index contributed by atoms with van der Waals surface area (Å²) in [7, 11) is 0. The molecular formula is C31H23N3O. The summed E-state index contributed by atoms with van der Waals surface area (Å²) < 4.78 is 8.44. The maximum absolute atomic E-state index is 6.49. The van der Waals surface area contributed by atoms with Gasteiger partial charge in [0.1, 0.15) is 11.4 Å². The number of para-hydroxylation sites is 1. The van der Waals surface area contributed by atoms with Gasteiger partial charge >= 0.3 is 0 Å². The van der Waals surface area contributed by atoms with Gasteiger partial charge in [-0.05, 0) is 41.0 Å². The largest absolute Gasteiger partial charge is 0.438 e. The Bertz CT molecular complexity index is 1720. The number of rotatable bonds is 3. The molecule has 0 aliphatic carbocycles. The summed E-state index contributed by atoms with van der Waals surface area (Å²) in [5, 5.41) is 8.68. The zero-order valence-corrected chi connectivity index (χ0v) is 19.4. The normalized spacial score (nSPS) is 12.4. The molecule has 0 saturated heterocycles. The lowest BCUT2D eigenvalue weighted by Gasteiger charge is -2.23. The molecular weight excluding hydrogens is 430 g/mol. The predicted octanol–water partition coefficient (Wildman–Crippen LogP) is 7.50. The SMILES string of the molecule is CCc1c2c(nc3c1c(-c1ccccc1)nn3-c1ccccc1)Oc1ccc3ccccc3c1C2. The van der Waals surface area contributed by atoms with E-state index in [1.807, 2.05) is 28.9 Å². The molecule has 0 spiro atoms. The second kappa shape index (κ2) is 7.81. The maximum atomic E-state index is 6.49. The van der Waals surface area contributed by atoms with E-state index in [0.717, 1.165) is 52.1 Å². The van der Waals surface area contributed by atoms with Crippen molar-refractivity contribution in [2.45, 2.75) is 19.8 Å². The van der Waals surface area contributed by atoms with E-state index in [4.69, 9.17) is 14.8 Å². The monoisotopic (exact) mass is 453 g/mol. The Hall–Kier alpha value is -4.44. The molecule has 0 unspecified atom stereocenters. The smallest absolute Gasteiger partial charge is 0.225 e. The lowest BCUT2D eigenvalue weighted by atomic mass is 9.91. The van der Waals surface area contributed by atoms with Gasteiger partial charge in [0.05, 0.1) is 11.1 Å². The number of ether oxygens (including phenoxy) is 1. The Morgan fingerprint density at radius 3 is 2.34 bits per heavy atom. The first-order valence-corrected chi connectivity index (χ1v) is 12.1. The van der Waals surface area contributed by atoms with E-state index in [0.29, 0.717) is 5.88 Å². The number of aromatic nitrogens is 3. The molecule has 6 aromatic rings. The molecule has 1 aliphatic rings. The van der Waals surface area contributed by atoms with Crippen LogP contribution in [0.4, 0.5) is 0 Å². The van der Waals surface area contributed by atoms with Gasteiger partial charge < -0.3 is 4.74 Å². The number of benzene rings is 4. The van der Waals surface area contributed by atoms with Crippen LogP contribution in [-0.2, 0) is 12.8 Å². The Kier molecular flexibility index (Phi) is 4.46. The molecule has 0 amide bonds. The van der Waals surface area contributed by atoms with Gasteiger partial charge in [-0.25, -0.2) is 4.68 Å². The first kappa shape index (κ1) is 20.0. The van der Waals surface area contributed by atoms with Crippen LogP contribution in [0.5, 0.6) is 11.6 Å². The zero-order chi connectivity index (χ0) is 23.4. The number of hydrogen-bond acceptors (Lipinski definition) is 3. The van der Waals surface area contributed by atoms with Crippen molar-refractivity contribution in [2.24, 2.45) is 0 Å². The molecule has 0 atom stereocenters. The van der Waals surface area contributed by atoms with Crippen molar-refractivity contribution >= 4 is 21.8 Å². The summed E-state index contributed by atoms with van der Waals surface area (Å²) in [6, 6.07) is 33.3. The van der Waals surface area contributed by atoms with Crippen molar-refractivity contribution in [1.82, 2.24) is 14.8 Å². The summed E-state index contributed by atoms with van der Waals surface area (Å²) in [5.74, 6) is 1.58. The number of pyridine rings is 1. The van der Waals surface area contributed by atoms with Crippen molar-refractivity contribution in [3.63, 3.8) is 0 Å². The number of hydrogen-bond donors (Lipinski definition) is 0. The van der Waals surface area contributed by atoms with E-state index in [-0.39, 0.29) is 0 Å². The number of nitrogens with zero attached hydrogens (tertiary/aromatic N) is 3. The molecule has 0 fully saturated rings. The first-order valence-electron chi connectivity index (χ1n) is 12.1.